The van der Waals surface area contributed by atoms with Gasteiger partial charge in [0.2, 0.25) is 0 Å². The molecule has 128 valence electrons. The lowest BCUT2D eigenvalue weighted by Crippen LogP contribution is -2.27. The molecule has 2 aromatic rings. The summed E-state index contributed by atoms with van der Waals surface area (Å²) in [5.74, 6) is 1.93. The highest BCUT2D eigenvalue weighted by molar-refractivity contribution is 5.95. The molecule has 1 fully saturated rings. The highest BCUT2D eigenvalue weighted by atomic mass is 16.5. The number of carbonyl (C=O) groups excluding carboxylic acids is 1. The van der Waals surface area contributed by atoms with Gasteiger partial charge in [0, 0.05) is 18.7 Å². The number of aryl methyl sites for hydroxylation is 2. The first-order valence-corrected chi connectivity index (χ1v) is 8.12. The van der Waals surface area contributed by atoms with Crippen LogP contribution < -0.4 is 9.47 Å². The Bertz CT molecular complexity index is 713. The fourth-order valence-electron chi connectivity index (χ4n) is 2.88. The first-order chi connectivity index (χ1) is 11.6. The van der Waals surface area contributed by atoms with Crippen LogP contribution in [0.1, 0.15) is 40.2 Å². The zero-order chi connectivity index (χ0) is 17.1. The molecule has 0 atom stereocenters. The van der Waals surface area contributed by atoms with Crippen molar-refractivity contribution in [3.8, 4) is 11.5 Å². The number of likely N-dealkylation sites (tertiary alicyclic amines) is 1. The highest BCUT2D eigenvalue weighted by Gasteiger charge is 2.21. The smallest absolute Gasteiger partial charge is 0.253 e. The van der Waals surface area contributed by atoms with E-state index >= 15 is 0 Å². The maximum absolute atomic E-state index is 12.5. The second kappa shape index (κ2) is 6.95. The van der Waals surface area contributed by atoms with Crippen molar-refractivity contribution < 1.29 is 18.8 Å². The number of ether oxygens (including phenoxy) is 2. The molecular weight excluding hydrogens is 308 g/mol. The first-order valence-electron chi connectivity index (χ1n) is 8.12. The minimum atomic E-state index is 0.0445. The van der Waals surface area contributed by atoms with Gasteiger partial charge < -0.3 is 18.9 Å². The average molecular weight is 330 g/mol. The molecule has 1 saturated heterocycles. The average Bonchev–Trinajstić information content (AvgIpc) is 3.23. The fraction of sp³-hybridized carbons (Fsp3) is 0.444. The van der Waals surface area contributed by atoms with Crippen LogP contribution in [0.15, 0.2) is 22.7 Å². The monoisotopic (exact) mass is 330 g/mol. The number of methoxy groups -OCH3 is 1. The van der Waals surface area contributed by atoms with Crippen LogP contribution in [-0.4, -0.2) is 36.2 Å². The summed E-state index contributed by atoms with van der Waals surface area (Å²) in [6.45, 7) is 5.73. The number of benzene rings is 1. The topological polar surface area (TPSA) is 64.8 Å². The molecule has 2 heterocycles. The van der Waals surface area contributed by atoms with Gasteiger partial charge in [-0.25, -0.2) is 0 Å². The van der Waals surface area contributed by atoms with Crippen molar-refractivity contribution in [2.24, 2.45) is 0 Å². The van der Waals surface area contributed by atoms with Crippen LogP contribution in [0.3, 0.4) is 0 Å². The van der Waals surface area contributed by atoms with E-state index in [1.807, 2.05) is 18.7 Å². The van der Waals surface area contributed by atoms with E-state index in [-0.39, 0.29) is 5.91 Å². The Morgan fingerprint density at radius 1 is 1.25 bits per heavy atom. The van der Waals surface area contributed by atoms with E-state index in [0.717, 1.165) is 42.9 Å². The summed E-state index contributed by atoms with van der Waals surface area (Å²) in [5, 5.41) is 3.92. The Hall–Kier alpha value is -2.50. The molecule has 6 nitrogen and oxygen atoms in total. The standard InChI is InChI=1S/C18H22N2O4/c1-12-15(13(2)24-19-12)11-23-16-7-6-14(10-17(16)22-3)18(21)20-8-4-5-9-20/h6-7,10H,4-5,8-9,11H2,1-3H3. The van der Waals surface area contributed by atoms with Crippen LogP contribution in [0.5, 0.6) is 11.5 Å². The molecule has 1 aliphatic rings. The Morgan fingerprint density at radius 2 is 2.00 bits per heavy atom. The van der Waals surface area contributed by atoms with Crippen molar-refractivity contribution >= 4 is 5.91 Å². The molecule has 0 unspecified atom stereocenters. The first kappa shape index (κ1) is 16.4. The predicted molar refractivity (Wildman–Crippen MR) is 88.4 cm³/mol. The van der Waals surface area contributed by atoms with Gasteiger partial charge in [0.1, 0.15) is 12.4 Å². The predicted octanol–water partition coefficient (Wildman–Crippen LogP) is 3.12. The van der Waals surface area contributed by atoms with Gasteiger partial charge in [0.15, 0.2) is 11.5 Å². The van der Waals surface area contributed by atoms with Crippen LogP contribution in [0.25, 0.3) is 0 Å². The third kappa shape index (κ3) is 3.22. The van der Waals surface area contributed by atoms with Crippen molar-refractivity contribution in [3.63, 3.8) is 0 Å². The van der Waals surface area contributed by atoms with Crippen LogP contribution in [0, 0.1) is 13.8 Å². The third-order valence-corrected chi connectivity index (χ3v) is 4.36. The molecule has 1 amide bonds. The largest absolute Gasteiger partial charge is 0.493 e. The summed E-state index contributed by atoms with van der Waals surface area (Å²) in [6.07, 6.45) is 2.14. The molecule has 6 heteroatoms. The van der Waals surface area contributed by atoms with Crippen LogP contribution >= 0.6 is 0 Å². The SMILES string of the molecule is COc1cc(C(=O)N2CCCC2)ccc1OCc1c(C)noc1C. The third-order valence-electron chi connectivity index (χ3n) is 4.36. The second-order valence-electron chi connectivity index (χ2n) is 5.96. The van der Waals surface area contributed by atoms with Gasteiger partial charge in [-0.3, -0.25) is 4.79 Å². The Labute approximate surface area is 141 Å². The molecule has 1 aliphatic heterocycles. The highest BCUT2D eigenvalue weighted by Crippen LogP contribution is 2.30. The number of hydrogen-bond donors (Lipinski definition) is 0. The molecule has 24 heavy (non-hydrogen) atoms. The number of hydrogen-bond acceptors (Lipinski definition) is 5. The lowest BCUT2D eigenvalue weighted by Gasteiger charge is -2.17. The Morgan fingerprint density at radius 3 is 2.62 bits per heavy atom. The number of nitrogens with zero attached hydrogens (tertiary/aromatic N) is 2. The molecular formula is C18H22N2O4. The molecule has 0 aliphatic carbocycles. The summed E-state index contributed by atoms with van der Waals surface area (Å²) in [4.78, 5) is 14.3. The Balaban J connectivity index is 1.75. The zero-order valence-electron chi connectivity index (χ0n) is 14.3. The number of rotatable bonds is 5. The minimum Gasteiger partial charge on any atom is -0.493 e. The second-order valence-corrected chi connectivity index (χ2v) is 5.96. The van der Waals surface area contributed by atoms with E-state index in [1.54, 1.807) is 25.3 Å². The van der Waals surface area contributed by atoms with Crippen LogP contribution in [-0.2, 0) is 6.61 Å². The Kier molecular flexibility index (Phi) is 4.74. The van der Waals surface area contributed by atoms with E-state index in [0.29, 0.717) is 23.7 Å². The van der Waals surface area contributed by atoms with Crippen LogP contribution in [0.4, 0.5) is 0 Å². The molecule has 0 radical (unpaired) electrons. The lowest BCUT2D eigenvalue weighted by atomic mass is 10.1. The minimum absolute atomic E-state index is 0.0445. The van der Waals surface area contributed by atoms with Crippen LogP contribution in [0.2, 0.25) is 0 Å². The van der Waals surface area contributed by atoms with E-state index in [9.17, 15) is 4.79 Å². The van der Waals surface area contributed by atoms with E-state index in [2.05, 4.69) is 5.16 Å². The van der Waals surface area contributed by atoms with Gasteiger partial charge in [-0.2, -0.15) is 0 Å². The molecule has 0 bridgehead atoms. The van der Waals surface area contributed by atoms with Gasteiger partial charge in [0.05, 0.1) is 18.4 Å². The van der Waals surface area contributed by atoms with Gasteiger partial charge in [-0.05, 0) is 44.9 Å². The van der Waals surface area contributed by atoms with Gasteiger partial charge in [-0.1, -0.05) is 5.16 Å². The van der Waals surface area contributed by atoms with Gasteiger partial charge in [0.25, 0.3) is 5.91 Å². The van der Waals surface area contributed by atoms with E-state index in [4.69, 9.17) is 14.0 Å². The summed E-state index contributed by atoms with van der Waals surface area (Å²) < 4.78 is 16.4. The molecule has 0 spiro atoms. The number of aromatic nitrogens is 1. The molecule has 0 N–H and O–H groups in total. The summed E-state index contributed by atoms with van der Waals surface area (Å²) in [5.41, 5.74) is 2.36. The normalized spacial score (nSPS) is 14.0. The number of carbonyl (C=O) groups is 1. The van der Waals surface area contributed by atoms with E-state index in [1.165, 1.54) is 0 Å². The summed E-state index contributed by atoms with van der Waals surface area (Å²) in [7, 11) is 1.57. The van der Waals surface area contributed by atoms with Gasteiger partial charge >= 0.3 is 0 Å². The summed E-state index contributed by atoms with van der Waals surface area (Å²) >= 11 is 0. The van der Waals surface area contributed by atoms with Gasteiger partial charge in [-0.15, -0.1) is 0 Å². The quantitative estimate of drug-likeness (QED) is 0.843. The maximum atomic E-state index is 12.5. The molecule has 0 saturated carbocycles. The molecule has 3 rings (SSSR count). The van der Waals surface area contributed by atoms with E-state index < -0.39 is 0 Å². The summed E-state index contributed by atoms with van der Waals surface area (Å²) in [6, 6.07) is 5.30. The molecule has 1 aromatic heterocycles. The zero-order valence-corrected chi connectivity index (χ0v) is 14.3. The molecule has 1 aromatic carbocycles. The van der Waals surface area contributed by atoms with Crippen molar-refractivity contribution in [2.45, 2.75) is 33.3 Å². The van der Waals surface area contributed by atoms with Crippen molar-refractivity contribution in [1.29, 1.82) is 0 Å². The van der Waals surface area contributed by atoms with Crippen molar-refractivity contribution in [1.82, 2.24) is 10.1 Å². The maximum Gasteiger partial charge on any atom is 0.253 e. The van der Waals surface area contributed by atoms with Crippen molar-refractivity contribution in [2.75, 3.05) is 20.2 Å². The fourth-order valence-corrected chi connectivity index (χ4v) is 2.88. The number of amides is 1. The van der Waals surface area contributed by atoms with Crippen molar-refractivity contribution in [3.05, 3.63) is 40.8 Å². The lowest BCUT2D eigenvalue weighted by molar-refractivity contribution is 0.0792.